The summed E-state index contributed by atoms with van der Waals surface area (Å²) in [6.07, 6.45) is 5.65. The summed E-state index contributed by atoms with van der Waals surface area (Å²) >= 11 is 0. The van der Waals surface area contributed by atoms with E-state index >= 15 is 0 Å². The van der Waals surface area contributed by atoms with Crippen LogP contribution in [-0.2, 0) is 4.74 Å². The number of aromatic nitrogens is 1. The molecule has 0 bridgehead atoms. The van der Waals surface area contributed by atoms with Gasteiger partial charge in [-0.25, -0.2) is 4.39 Å². The van der Waals surface area contributed by atoms with Crippen molar-refractivity contribution < 1.29 is 14.2 Å². The molecule has 1 N–H and O–H groups in total. The van der Waals surface area contributed by atoms with E-state index in [-0.39, 0.29) is 17.2 Å². The minimum atomic E-state index is -0.812. The van der Waals surface area contributed by atoms with E-state index in [0.717, 1.165) is 25.7 Å². The lowest BCUT2D eigenvalue weighted by Gasteiger charge is -2.48. The van der Waals surface area contributed by atoms with Gasteiger partial charge < -0.3 is 9.84 Å². The first kappa shape index (κ1) is 12.1. The standard InChI is InChI=1S/C14H18FNO2/c15-11-3-1-7-16-12(11)13(17)10-4-8-18-14(9-10)5-2-6-14/h1,3,7,10,13,17H,2,4-6,8-9H2. The third kappa shape index (κ3) is 2.04. The first-order valence-corrected chi connectivity index (χ1v) is 6.63. The number of hydrogen-bond acceptors (Lipinski definition) is 3. The van der Waals surface area contributed by atoms with Crippen molar-refractivity contribution in [3.05, 3.63) is 29.8 Å². The van der Waals surface area contributed by atoms with Crippen molar-refractivity contribution in [3.8, 4) is 0 Å². The van der Waals surface area contributed by atoms with E-state index in [1.165, 1.54) is 18.7 Å². The summed E-state index contributed by atoms with van der Waals surface area (Å²) in [4.78, 5) is 3.98. The van der Waals surface area contributed by atoms with E-state index in [9.17, 15) is 9.50 Å². The molecule has 3 rings (SSSR count). The molecule has 3 nitrogen and oxygen atoms in total. The van der Waals surface area contributed by atoms with Crippen LogP contribution in [0, 0.1) is 11.7 Å². The van der Waals surface area contributed by atoms with Gasteiger partial charge in [0.1, 0.15) is 17.6 Å². The van der Waals surface area contributed by atoms with Crippen molar-refractivity contribution in [2.24, 2.45) is 5.92 Å². The Morgan fingerprint density at radius 3 is 3.00 bits per heavy atom. The molecule has 1 saturated heterocycles. The Kier molecular flexibility index (Phi) is 3.08. The molecular formula is C14H18FNO2. The summed E-state index contributed by atoms with van der Waals surface area (Å²) in [6, 6.07) is 2.90. The highest BCUT2D eigenvalue weighted by atomic mass is 19.1. The molecule has 18 heavy (non-hydrogen) atoms. The quantitative estimate of drug-likeness (QED) is 0.878. The molecule has 1 aliphatic carbocycles. The lowest BCUT2D eigenvalue weighted by molar-refractivity contribution is -0.157. The second kappa shape index (κ2) is 4.59. The molecule has 1 spiro atoms. The van der Waals surface area contributed by atoms with Crippen LogP contribution in [0.15, 0.2) is 18.3 Å². The maximum atomic E-state index is 13.6. The summed E-state index contributed by atoms with van der Waals surface area (Å²) in [5, 5.41) is 10.3. The van der Waals surface area contributed by atoms with Gasteiger partial charge in [-0.05, 0) is 50.2 Å². The van der Waals surface area contributed by atoms with Gasteiger partial charge in [-0.3, -0.25) is 4.98 Å². The molecule has 98 valence electrons. The van der Waals surface area contributed by atoms with Crippen molar-refractivity contribution in [1.82, 2.24) is 4.98 Å². The molecule has 1 saturated carbocycles. The summed E-state index contributed by atoms with van der Waals surface area (Å²) in [5.41, 5.74) is 0.147. The van der Waals surface area contributed by atoms with Crippen LogP contribution in [0.1, 0.15) is 43.9 Å². The van der Waals surface area contributed by atoms with E-state index in [0.29, 0.717) is 6.61 Å². The van der Waals surface area contributed by atoms with Gasteiger partial charge in [0.15, 0.2) is 0 Å². The number of pyridine rings is 1. The van der Waals surface area contributed by atoms with Crippen molar-refractivity contribution in [2.75, 3.05) is 6.61 Å². The lowest BCUT2D eigenvalue weighted by Crippen LogP contribution is -2.46. The maximum Gasteiger partial charge on any atom is 0.147 e. The first-order chi connectivity index (χ1) is 8.70. The highest BCUT2D eigenvalue weighted by Crippen LogP contribution is 2.47. The van der Waals surface area contributed by atoms with Gasteiger partial charge in [0.05, 0.1) is 5.60 Å². The van der Waals surface area contributed by atoms with E-state index < -0.39 is 11.9 Å². The van der Waals surface area contributed by atoms with Gasteiger partial charge in [-0.2, -0.15) is 0 Å². The van der Waals surface area contributed by atoms with E-state index in [1.54, 1.807) is 6.07 Å². The third-order valence-electron chi connectivity index (χ3n) is 4.31. The van der Waals surface area contributed by atoms with Gasteiger partial charge in [0.2, 0.25) is 0 Å². The molecule has 0 aromatic carbocycles. The third-order valence-corrected chi connectivity index (χ3v) is 4.31. The summed E-state index contributed by atoms with van der Waals surface area (Å²) < 4.78 is 19.5. The topological polar surface area (TPSA) is 42.4 Å². The Balaban J connectivity index is 1.76. The predicted molar refractivity (Wildman–Crippen MR) is 64.4 cm³/mol. The summed E-state index contributed by atoms with van der Waals surface area (Å²) in [6.45, 7) is 0.663. The smallest absolute Gasteiger partial charge is 0.147 e. The Bertz CT molecular complexity index is 434. The molecular weight excluding hydrogens is 233 g/mol. The highest BCUT2D eigenvalue weighted by Gasteiger charge is 2.44. The Hall–Kier alpha value is -1.00. The number of ether oxygens (including phenoxy) is 1. The van der Waals surface area contributed by atoms with Crippen LogP contribution in [0.5, 0.6) is 0 Å². The van der Waals surface area contributed by atoms with Crippen LogP contribution in [0.3, 0.4) is 0 Å². The van der Waals surface area contributed by atoms with Crippen molar-refractivity contribution in [3.63, 3.8) is 0 Å². The van der Waals surface area contributed by atoms with Crippen LogP contribution < -0.4 is 0 Å². The maximum absolute atomic E-state index is 13.6. The molecule has 2 aliphatic rings. The highest BCUT2D eigenvalue weighted by molar-refractivity contribution is 5.12. The van der Waals surface area contributed by atoms with Crippen LogP contribution in [-0.4, -0.2) is 22.3 Å². The minimum Gasteiger partial charge on any atom is -0.386 e. The number of hydrogen-bond donors (Lipinski definition) is 1. The molecule has 2 unspecified atom stereocenters. The van der Waals surface area contributed by atoms with Crippen LogP contribution in [0.2, 0.25) is 0 Å². The Morgan fingerprint density at radius 2 is 2.33 bits per heavy atom. The minimum absolute atomic E-state index is 0.0326. The van der Waals surface area contributed by atoms with Gasteiger partial charge in [0, 0.05) is 12.8 Å². The predicted octanol–water partition coefficient (Wildman–Crippen LogP) is 2.60. The average molecular weight is 251 g/mol. The van der Waals surface area contributed by atoms with Crippen LogP contribution >= 0.6 is 0 Å². The van der Waals surface area contributed by atoms with Crippen molar-refractivity contribution in [2.45, 2.75) is 43.8 Å². The SMILES string of the molecule is OC(c1ncccc1F)C1CCOC2(CCC2)C1. The Morgan fingerprint density at radius 1 is 1.50 bits per heavy atom. The largest absolute Gasteiger partial charge is 0.386 e. The van der Waals surface area contributed by atoms with Gasteiger partial charge >= 0.3 is 0 Å². The Labute approximate surface area is 106 Å². The number of aliphatic hydroxyl groups is 1. The number of nitrogens with zero attached hydrogens (tertiary/aromatic N) is 1. The monoisotopic (exact) mass is 251 g/mol. The van der Waals surface area contributed by atoms with Gasteiger partial charge in [0.25, 0.3) is 0 Å². The van der Waals surface area contributed by atoms with Crippen molar-refractivity contribution in [1.29, 1.82) is 0 Å². The normalized spacial score (nSPS) is 27.8. The summed E-state index contributed by atoms with van der Waals surface area (Å²) in [5.74, 6) is -0.359. The van der Waals surface area contributed by atoms with Crippen molar-refractivity contribution >= 4 is 0 Å². The van der Waals surface area contributed by atoms with E-state index in [4.69, 9.17) is 4.74 Å². The number of halogens is 1. The molecule has 1 aliphatic heterocycles. The average Bonchev–Trinajstić information content (AvgIpc) is 2.37. The van der Waals surface area contributed by atoms with E-state index in [2.05, 4.69) is 4.98 Å². The second-order valence-electron chi connectivity index (χ2n) is 5.45. The number of aliphatic hydroxyl groups excluding tert-OH is 1. The molecule has 2 atom stereocenters. The molecule has 4 heteroatoms. The fraction of sp³-hybridized carbons (Fsp3) is 0.643. The molecule has 2 fully saturated rings. The zero-order chi connectivity index (χ0) is 12.6. The van der Waals surface area contributed by atoms with Gasteiger partial charge in [-0.15, -0.1) is 0 Å². The molecule has 0 radical (unpaired) electrons. The molecule has 1 aromatic heterocycles. The first-order valence-electron chi connectivity index (χ1n) is 6.63. The molecule has 2 heterocycles. The molecule has 0 amide bonds. The van der Waals surface area contributed by atoms with Crippen LogP contribution in [0.25, 0.3) is 0 Å². The van der Waals surface area contributed by atoms with E-state index in [1.807, 2.05) is 0 Å². The fourth-order valence-electron chi connectivity index (χ4n) is 3.09. The lowest BCUT2D eigenvalue weighted by atomic mass is 9.70. The zero-order valence-corrected chi connectivity index (χ0v) is 10.3. The number of rotatable bonds is 2. The second-order valence-corrected chi connectivity index (χ2v) is 5.45. The zero-order valence-electron chi connectivity index (χ0n) is 10.3. The van der Waals surface area contributed by atoms with Crippen LogP contribution in [0.4, 0.5) is 4.39 Å². The summed E-state index contributed by atoms with van der Waals surface area (Å²) in [7, 11) is 0. The molecule has 1 aromatic rings. The van der Waals surface area contributed by atoms with Gasteiger partial charge in [-0.1, -0.05) is 0 Å². The fourth-order valence-corrected chi connectivity index (χ4v) is 3.09.